The second kappa shape index (κ2) is 4.49. The Labute approximate surface area is 113 Å². The van der Waals surface area contributed by atoms with Crippen LogP contribution in [0.1, 0.15) is 39.2 Å². The van der Waals surface area contributed by atoms with E-state index < -0.39 is 24.3 Å². The van der Waals surface area contributed by atoms with Gasteiger partial charge in [-0.1, -0.05) is 17.7 Å². The maximum absolute atomic E-state index is 6.17. The van der Waals surface area contributed by atoms with Gasteiger partial charge >= 0.3 is 7.12 Å². The molecule has 2 heterocycles. The lowest BCUT2D eigenvalue weighted by Crippen LogP contribution is -2.41. The summed E-state index contributed by atoms with van der Waals surface area (Å²) in [6, 6.07) is 3.64. The SMILES string of the molecule is CC1(C)OB([C@@H](N)c2cccnc2Cl)OC1(C)C. The molecule has 0 amide bonds. The van der Waals surface area contributed by atoms with Crippen LogP contribution >= 0.6 is 11.6 Å². The molecule has 98 valence electrons. The standard InChI is InChI=1S/C12H18BClN2O2/c1-11(2)12(3,4)18-13(17-11)9(15)8-6-5-7-16-10(8)14/h5-7,9H,15H2,1-4H3/t9-/m0/s1. The maximum atomic E-state index is 6.17. The highest BCUT2D eigenvalue weighted by Crippen LogP contribution is 2.40. The van der Waals surface area contributed by atoms with E-state index in [1.54, 1.807) is 12.3 Å². The van der Waals surface area contributed by atoms with Crippen LogP contribution in [0.4, 0.5) is 0 Å². The van der Waals surface area contributed by atoms with Crippen molar-refractivity contribution < 1.29 is 9.31 Å². The van der Waals surface area contributed by atoms with Gasteiger partial charge in [0.05, 0.1) is 17.1 Å². The molecule has 0 spiro atoms. The van der Waals surface area contributed by atoms with Crippen LogP contribution in [0, 0.1) is 0 Å². The Morgan fingerprint density at radius 1 is 1.28 bits per heavy atom. The number of hydrogen-bond donors (Lipinski definition) is 1. The molecule has 0 aliphatic carbocycles. The minimum Gasteiger partial charge on any atom is -0.402 e. The van der Waals surface area contributed by atoms with Crippen LogP contribution < -0.4 is 5.73 Å². The number of pyridine rings is 1. The third-order valence-corrected chi connectivity index (χ3v) is 4.03. The molecule has 1 aliphatic rings. The fraction of sp³-hybridized carbons (Fsp3) is 0.583. The first-order chi connectivity index (χ1) is 8.24. The fourth-order valence-electron chi connectivity index (χ4n) is 1.83. The van der Waals surface area contributed by atoms with Gasteiger partial charge in [0.25, 0.3) is 0 Å². The van der Waals surface area contributed by atoms with Crippen LogP contribution in [0.3, 0.4) is 0 Å². The van der Waals surface area contributed by atoms with Crippen molar-refractivity contribution in [2.75, 3.05) is 0 Å². The molecule has 6 heteroatoms. The largest absolute Gasteiger partial charge is 0.480 e. The summed E-state index contributed by atoms with van der Waals surface area (Å²) in [7, 11) is -0.517. The molecule has 18 heavy (non-hydrogen) atoms. The molecule has 1 saturated heterocycles. The summed E-state index contributed by atoms with van der Waals surface area (Å²) < 4.78 is 11.8. The molecule has 1 aliphatic heterocycles. The van der Waals surface area contributed by atoms with Gasteiger partial charge in [-0.3, -0.25) is 0 Å². The number of nitrogens with zero attached hydrogens (tertiary/aromatic N) is 1. The zero-order valence-corrected chi connectivity index (χ0v) is 11.9. The molecule has 1 aromatic heterocycles. The van der Waals surface area contributed by atoms with Crippen molar-refractivity contribution in [3.8, 4) is 0 Å². The number of nitrogens with two attached hydrogens (primary N) is 1. The molecular weight excluding hydrogens is 250 g/mol. The minimum absolute atomic E-state index is 0.389. The molecule has 2 rings (SSSR count). The van der Waals surface area contributed by atoms with Crippen molar-refractivity contribution in [3.05, 3.63) is 29.0 Å². The number of aromatic nitrogens is 1. The van der Waals surface area contributed by atoms with Gasteiger partial charge in [-0.25, -0.2) is 4.98 Å². The van der Waals surface area contributed by atoms with Gasteiger partial charge in [-0.05, 0) is 33.8 Å². The van der Waals surface area contributed by atoms with E-state index in [1.165, 1.54) is 0 Å². The smallest absolute Gasteiger partial charge is 0.402 e. The minimum atomic E-state index is -0.517. The molecule has 0 aromatic carbocycles. The second-order valence-corrected chi connectivity index (χ2v) is 5.89. The lowest BCUT2D eigenvalue weighted by Gasteiger charge is -2.32. The molecule has 0 radical (unpaired) electrons. The van der Waals surface area contributed by atoms with Crippen molar-refractivity contribution in [1.29, 1.82) is 0 Å². The van der Waals surface area contributed by atoms with Crippen molar-refractivity contribution in [2.24, 2.45) is 5.73 Å². The molecule has 4 nitrogen and oxygen atoms in total. The third-order valence-electron chi connectivity index (χ3n) is 3.71. The first-order valence-electron chi connectivity index (χ1n) is 5.96. The Balaban J connectivity index is 2.23. The molecule has 0 saturated carbocycles. The lowest BCUT2D eigenvalue weighted by molar-refractivity contribution is 0.00578. The highest BCUT2D eigenvalue weighted by Gasteiger charge is 2.53. The Bertz CT molecular complexity index is 437. The van der Waals surface area contributed by atoms with Crippen molar-refractivity contribution >= 4 is 18.7 Å². The van der Waals surface area contributed by atoms with E-state index in [1.807, 2.05) is 33.8 Å². The molecular formula is C12H18BClN2O2. The van der Waals surface area contributed by atoms with Gasteiger partial charge in [0, 0.05) is 11.8 Å². The summed E-state index contributed by atoms with van der Waals surface area (Å²) in [6.45, 7) is 7.96. The number of rotatable bonds is 2. The van der Waals surface area contributed by atoms with Crippen LogP contribution in [0.25, 0.3) is 0 Å². The molecule has 0 bridgehead atoms. The highest BCUT2D eigenvalue weighted by molar-refractivity contribution is 6.48. The zero-order valence-electron chi connectivity index (χ0n) is 11.1. The summed E-state index contributed by atoms with van der Waals surface area (Å²) in [4.78, 5) is 4.02. The van der Waals surface area contributed by atoms with Crippen LogP contribution in [0.15, 0.2) is 18.3 Å². The second-order valence-electron chi connectivity index (χ2n) is 5.53. The summed E-state index contributed by atoms with van der Waals surface area (Å²) >= 11 is 6.04. The van der Waals surface area contributed by atoms with E-state index in [2.05, 4.69) is 4.98 Å². The van der Waals surface area contributed by atoms with Gasteiger partial charge in [0.1, 0.15) is 5.15 Å². The Kier molecular flexibility index (Phi) is 3.45. The molecule has 0 unspecified atom stereocenters. The molecule has 1 aromatic rings. The molecule has 1 fully saturated rings. The van der Waals surface area contributed by atoms with E-state index in [9.17, 15) is 0 Å². The van der Waals surface area contributed by atoms with Gasteiger partial charge < -0.3 is 15.0 Å². The number of hydrogen-bond acceptors (Lipinski definition) is 4. The van der Waals surface area contributed by atoms with Crippen LogP contribution in [0.2, 0.25) is 5.15 Å². The third kappa shape index (κ3) is 2.28. The Morgan fingerprint density at radius 3 is 2.33 bits per heavy atom. The summed E-state index contributed by atoms with van der Waals surface area (Å²) in [5, 5.41) is 0.389. The highest BCUT2D eigenvalue weighted by atomic mass is 35.5. The summed E-state index contributed by atoms with van der Waals surface area (Å²) in [5.74, 6) is -0.452. The van der Waals surface area contributed by atoms with Gasteiger partial charge in [0.2, 0.25) is 0 Å². The van der Waals surface area contributed by atoms with Crippen LogP contribution in [-0.4, -0.2) is 23.3 Å². The van der Waals surface area contributed by atoms with Gasteiger partial charge in [-0.2, -0.15) is 0 Å². The maximum Gasteiger partial charge on any atom is 0.480 e. The Morgan fingerprint density at radius 2 is 1.83 bits per heavy atom. The quantitative estimate of drug-likeness (QED) is 0.661. The van der Waals surface area contributed by atoms with Crippen molar-refractivity contribution in [3.63, 3.8) is 0 Å². The van der Waals surface area contributed by atoms with E-state index >= 15 is 0 Å². The van der Waals surface area contributed by atoms with Crippen LogP contribution in [-0.2, 0) is 9.31 Å². The van der Waals surface area contributed by atoms with Gasteiger partial charge in [0.15, 0.2) is 0 Å². The predicted octanol–water partition coefficient (Wildman–Crippen LogP) is 2.37. The monoisotopic (exact) mass is 268 g/mol. The first-order valence-corrected chi connectivity index (χ1v) is 6.34. The Hall–Kier alpha value is -0.615. The normalized spacial score (nSPS) is 23.1. The van der Waals surface area contributed by atoms with E-state index in [4.69, 9.17) is 26.6 Å². The summed E-state index contributed by atoms with van der Waals surface area (Å²) in [6.07, 6.45) is 1.63. The average molecular weight is 269 g/mol. The zero-order chi connectivity index (χ0) is 13.6. The van der Waals surface area contributed by atoms with Crippen molar-refractivity contribution in [2.45, 2.75) is 44.8 Å². The molecule has 1 atom stereocenters. The summed E-state index contributed by atoms with van der Waals surface area (Å²) in [5.41, 5.74) is 6.11. The predicted molar refractivity (Wildman–Crippen MR) is 72.3 cm³/mol. The van der Waals surface area contributed by atoms with Crippen LogP contribution in [0.5, 0.6) is 0 Å². The molecule has 2 N–H and O–H groups in total. The van der Waals surface area contributed by atoms with E-state index in [0.29, 0.717) is 5.15 Å². The lowest BCUT2D eigenvalue weighted by atomic mass is 9.75. The van der Waals surface area contributed by atoms with Gasteiger partial charge in [-0.15, -0.1) is 0 Å². The topological polar surface area (TPSA) is 57.4 Å². The van der Waals surface area contributed by atoms with E-state index in [-0.39, 0.29) is 0 Å². The fourth-order valence-corrected chi connectivity index (χ4v) is 2.07. The van der Waals surface area contributed by atoms with Crippen molar-refractivity contribution in [1.82, 2.24) is 4.98 Å². The van der Waals surface area contributed by atoms with E-state index in [0.717, 1.165) is 5.56 Å². The number of halogens is 1. The average Bonchev–Trinajstić information content (AvgIpc) is 2.48. The first kappa shape index (κ1) is 13.8.